The monoisotopic (exact) mass is 343 g/mol. The fourth-order valence-corrected chi connectivity index (χ4v) is 5.04. The molecule has 1 aliphatic heterocycles. The first-order chi connectivity index (χ1) is 10.4. The van der Waals surface area contributed by atoms with Crippen molar-refractivity contribution in [1.82, 2.24) is 4.90 Å². The molecule has 2 heterocycles. The number of carboxylic acids is 1. The van der Waals surface area contributed by atoms with Crippen molar-refractivity contribution in [1.29, 1.82) is 0 Å². The molecule has 122 valence electrons. The normalized spacial score (nSPS) is 30.2. The summed E-state index contributed by atoms with van der Waals surface area (Å²) in [5.74, 6) is -0.876. The van der Waals surface area contributed by atoms with E-state index in [1.54, 1.807) is 11.3 Å². The molecule has 0 aromatic carbocycles. The van der Waals surface area contributed by atoms with E-state index in [1.165, 1.54) is 4.88 Å². The highest BCUT2D eigenvalue weighted by molar-refractivity contribution is 7.16. The van der Waals surface area contributed by atoms with Crippen LogP contribution >= 0.6 is 22.9 Å². The number of hydrogen-bond donors (Lipinski definition) is 2. The number of aliphatic hydroxyl groups is 1. The van der Waals surface area contributed by atoms with Crippen LogP contribution in [0.25, 0.3) is 0 Å². The van der Waals surface area contributed by atoms with Gasteiger partial charge in [-0.1, -0.05) is 11.6 Å². The Kier molecular flexibility index (Phi) is 4.52. The summed E-state index contributed by atoms with van der Waals surface area (Å²) in [6.07, 6.45) is 2.74. The van der Waals surface area contributed by atoms with Gasteiger partial charge in [0.1, 0.15) is 0 Å². The van der Waals surface area contributed by atoms with E-state index in [2.05, 4.69) is 11.0 Å². The number of rotatable bonds is 4. The first kappa shape index (κ1) is 16.2. The van der Waals surface area contributed by atoms with Crippen LogP contribution < -0.4 is 0 Å². The number of thiophene rings is 1. The van der Waals surface area contributed by atoms with Crippen LogP contribution in [-0.4, -0.2) is 39.8 Å². The molecular formula is C16H22ClNO3S. The van der Waals surface area contributed by atoms with Crippen molar-refractivity contribution in [2.75, 3.05) is 13.1 Å². The molecule has 3 rings (SSSR count). The molecule has 1 saturated carbocycles. The molecule has 2 aliphatic rings. The molecule has 1 saturated heterocycles. The third-order valence-electron chi connectivity index (χ3n) is 5.18. The summed E-state index contributed by atoms with van der Waals surface area (Å²) >= 11 is 7.76. The van der Waals surface area contributed by atoms with Gasteiger partial charge in [-0.3, -0.25) is 9.69 Å². The van der Waals surface area contributed by atoms with Gasteiger partial charge in [-0.15, -0.1) is 11.3 Å². The number of halogens is 1. The SMILES string of the molecule is Cc1cc(CN2CCC(C3(O)CC(C(=O)O)C3)CC2)sc1Cl. The number of piperidine rings is 1. The van der Waals surface area contributed by atoms with Gasteiger partial charge in [-0.25, -0.2) is 0 Å². The van der Waals surface area contributed by atoms with Gasteiger partial charge in [-0.05, 0) is 63.2 Å². The molecule has 0 bridgehead atoms. The number of aryl methyl sites for hydroxylation is 1. The van der Waals surface area contributed by atoms with Gasteiger partial charge < -0.3 is 10.2 Å². The van der Waals surface area contributed by atoms with Crippen LogP contribution in [0.5, 0.6) is 0 Å². The number of carboxylic acid groups (broad SMARTS) is 1. The van der Waals surface area contributed by atoms with Crippen LogP contribution in [0.3, 0.4) is 0 Å². The molecule has 0 spiro atoms. The van der Waals surface area contributed by atoms with E-state index in [-0.39, 0.29) is 11.8 Å². The second kappa shape index (κ2) is 6.11. The van der Waals surface area contributed by atoms with Crippen LogP contribution in [0, 0.1) is 18.8 Å². The maximum atomic E-state index is 10.9. The Morgan fingerprint density at radius 3 is 2.59 bits per heavy atom. The number of carbonyl (C=O) groups is 1. The van der Waals surface area contributed by atoms with E-state index < -0.39 is 11.6 Å². The molecule has 0 unspecified atom stereocenters. The Balaban J connectivity index is 1.49. The Labute approximate surface area is 139 Å². The van der Waals surface area contributed by atoms with Gasteiger partial charge in [0.05, 0.1) is 15.9 Å². The smallest absolute Gasteiger partial charge is 0.306 e. The summed E-state index contributed by atoms with van der Waals surface area (Å²) in [5, 5.41) is 19.5. The Hall–Kier alpha value is -0.620. The minimum absolute atomic E-state index is 0.244. The highest BCUT2D eigenvalue weighted by atomic mass is 35.5. The lowest BCUT2D eigenvalue weighted by atomic mass is 9.62. The van der Waals surface area contributed by atoms with Crippen LogP contribution in [0.2, 0.25) is 4.34 Å². The minimum Gasteiger partial charge on any atom is -0.481 e. The van der Waals surface area contributed by atoms with Crippen molar-refractivity contribution in [2.24, 2.45) is 11.8 Å². The Morgan fingerprint density at radius 2 is 2.09 bits per heavy atom. The van der Waals surface area contributed by atoms with E-state index in [0.29, 0.717) is 12.8 Å². The van der Waals surface area contributed by atoms with E-state index >= 15 is 0 Å². The molecule has 2 N–H and O–H groups in total. The minimum atomic E-state index is -0.771. The fourth-order valence-electron chi connectivity index (χ4n) is 3.75. The Morgan fingerprint density at radius 1 is 1.45 bits per heavy atom. The summed E-state index contributed by atoms with van der Waals surface area (Å²) in [6.45, 7) is 4.86. The maximum absolute atomic E-state index is 10.9. The standard InChI is InChI=1S/C16H22ClNO3S/c1-10-6-13(22-14(10)17)9-18-4-2-12(3-5-18)16(21)7-11(8-16)15(19)20/h6,11-12,21H,2-5,7-9H2,1H3,(H,19,20). The van der Waals surface area contributed by atoms with E-state index in [1.807, 2.05) is 6.92 Å². The van der Waals surface area contributed by atoms with Gasteiger partial charge in [-0.2, -0.15) is 0 Å². The van der Waals surface area contributed by atoms with Gasteiger partial charge in [0.2, 0.25) is 0 Å². The van der Waals surface area contributed by atoms with Crippen molar-refractivity contribution < 1.29 is 15.0 Å². The molecule has 2 fully saturated rings. The molecular weight excluding hydrogens is 322 g/mol. The van der Waals surface area contributed by atoms with Crippen LogP contribution in [0.15, 0.2) is 6.07 Å². The van der Waals surface area contributed by atoms with Crippen LogP contribution in [-0.2, 0) is 11.3 Å². The molecule has 1 aliphatic carbocycles. The quantitative estimate of drug-likeness (QED) is 0.881. The lowest BCUT2D eigenvalue weighted by molar-refractivity contribution is -0.170. The van der Waals surface area contributed by atoms with Crippen molar-refractivity contribution in [3.05, 3.63) is 20.8 Å². The average molecular weight is 344 g/mol. The van der Waals surface area contributed by atoms with Crippen LogP contribution in [0.1, 0.15) is 36.1 Å². The van der Waals surface area contributed by atoms with E-state index in [9.17, 15) is 9.90 Å². The lowest BCUT2D eigenvalue weighted by Gasteiger charge is -2.49. The number of aliphatic carboxylic acids is 1. The average Bonchev–Trinajstić information content (AvgIpc) is 2.74. The van der Waals surface area contributed by atoms with E-state index in [4.69, 9.17) is 16.7 Å². The molecule has 22 heavy (non-hydrogen) atoms. The summed E-state index contributed by atoms with van der Waals surface area (Å²) < 4.78 is 0.869. The zero-order chi connectivity index (χ0) is 15.9. The van der Waals surface area contributed by atoms with Gasteiger partial charge in [0.25, 0.3) is 0 Å². The molecule has 6 heteroatoms. The fraction of sp³-hybridized carbons (Fsp3) is 0.688. The molecule has 1 aromatic rings. The summed E-state index contributed by atoms with van der Waals surface area (Å²) in [7, 11) is 0. The predicted molar refractivity (Wildman–Crippen MR) is 87.4 cm³/mol. The predicted octanol–water partition coefficient (Wildman–Crippen LogP) is 3.15. The van der Waals surface area contributed by atoms with Crippen molar-refractivity contribution >= 4 is 28.9 Å². The van der Waals surface area contributed by atoms with E-state index in [0.717, 1.165) is 42.4 Å². The number of nitrogens with zero attached hydrogens (tertiary/aromatic N) is 1. The summed E-state index contributed by atoms with van der Waals surface area (Å²) in [6, 6.07) is 2.15. The molecule has 0 amide bonds. The van der Waals surface area contributed by atoms with Gasteiger partial charge in [0.15, 0.2) is 0 Å². The van der Waals surface area contributed by atoms with Crippen molar-refractivity contribution in [3.8, 4) is 0 Å². The van der Waals surface area contributed by atoms with Crippen LogP contribution in [0.4, 0.5) is 0 Å². The maximum Gasteiger partial charge on any atom is 0.306 e. The zero-order valence-electron chi connectivity index (χ0n) is 12.7. The highest BCUT2D eigenvalue weighted by Gasteiger charge is 2.51. The number of hydrogen-bond acceptors (Lipinski definition) is 4. The zero-order valence-corrected chi connectivity index (χ0v) is 14.3. The summed E-state index contributed by atoms with van der Waals surface area (Å²) in [5.41, 5.74) is 0.401. The molecule has 1 aromatic heterocycles. The topological polar surface area (TPSA) is 60.8 Å². The van der Waals surface area contributed by atoms with Gasteiger partial charge >= 0.3 is 5.97 Å². The molecule has 0 radical (unpaired) electrons. The molecule has 4 nitrogen and oxygen atoms in total. The highest BCUT2D eigenvalue weighted by Crippen LogP contribution is 2.46. The Bertz CT molecular complexity index is 540. The number of likely N-dealkylation sites (tertiary alicyclic amines) is 1. The third-order valence-corrected chi connectivity index (χ3v) is 6.72. The first-order valence-electron chi connectivity index (χ1n) is 7.80. The first-order valence-corrected chi connectivity index (χ1v) is 8.99. The van der Waals surface area contributed by atoms with Gasteiger partial charge in [0, 0.05) is 11.4 Å². The lowest BCUT2D eigenvalue weighted by Crippen LogP contribution is -2.54. The second-order valence-corrected chi connectivity index (χ2v) is 8.51. The van der Waals surface area contributed by atoms with Crippen molar-refractivity contribution in [2.45, 2.75) is 44.8 Å². The summed E-state index contributed by atoms with van der Waals surface area (Å²) in [4.78, 5) is 14.6. The largest absolute Gasteiger partial charge is 0.481 e. The van der Waals surface area contributed by atoms with Crippen molar-refractivity contribution in [3.63, 3.8) is 0 Å². The third kappa shape index (κ3) is 3.18. The second-order valence-electron chi connectivity index (χ2n) is 6.77. The molecule has 0 atom stereocenters.